The summed E-state index contributed by atoms with van der Waals surface area (Å²) < 4.78 is 13.8. The zero-order valence-electron chi connectivity index (χ0n) is 10.7. The van der Waals surface area contributed by atoms with Gasteiger partial charge in [0.2, 0.25) is 0 Å². The van der Waals surface area contributed by atoms with Crippen molar-refractivity contribution in [3.63, 3.8) is 0 Å². The quantitative estimate of drug-likeness (QED) is 0.887. The molecule has 1 N–H and O–H groups in total. The van der Waals surface area contributed by atoms with Crippen molar-refractivity contribution in [2.45, 2.75) is 6.54 Å². The molecule has 0 saturated carbocycles. The van der Waals surface area contributed by atoms with Crippen molar-refractivity contribution in [2.24, 2.45) is 0 Å². The van der Waals surface area contributed by atoms with E-state index >= 15 is 0 Å². The van der Waals surface area contributed by atoms with Gasteiger partial charge in [-0.15, -0.1) is 0 Å². The molecular formula is C15H17FN2. The summed E-state index contributed by atoms with van der Waals surface area (Å²) in [5, 5.41) is 3.00. The molecule has 0 spiro atoms. The average molecular weight is 244 g/mol. The average Bonchev–Trinajstić information content (AvgIpc) is 2.41. The summed E-state index contributed by atoms with van der Waals surface area (Å²) in [6.07, 6.45) is 0. The molecule has 2 rings (SSSR count). The lowest BCUT2D eigenvalue weighted by molar-refractivity contribution is 0.601. The first kappa shape index (κ1) is 12.6. The van der Waals surface area contributed by atoms with Crippen LogP contribution in [0.1, 0.15) is 5.56 Å². The number of nitrogens with one attached hydrogen (secondary N) is 1. The molecule has 0 saturated heterocycles. The Morgan fingerprint density at radius 2 is 1.78 bits per heavy atom. The largest absolute Gasteiger partial charge is 0.344 e. The minimum atomic E-state index is -0.176. The third kappa shape index (κ3) is 2.51. The highest BCUT2D eigenvalue weighted by Crippen LogP contribution is 2.28. The number of benzene rings is 2. The smallest absolute Gasteiger partial charge is 0.129 e. The van der Waals surface area contributed by atoms with Crippen LogP contribution in [-0.4, -0.2) is 14.1 Å². The van der Waals surface area contributed by atoms with E-state index in [1.54, 1.807) is 6.07 Å². The lowest BCUT2D eigenvalue weighted by atomic mass is 10.1. The van der Waals surface area contributed by atoms with Crippen molar-refractivity contribution in [3.8, 4) is 0 Å². The second kappa shape index (κ2) is 5.65. The lowest BCUT2D eigenvalue weighted by Crippen LogP contribution is -2.16. The van der Waals surface area contributed by atoms with Crippen LogP contribution in [0.25, 0.3) is 0 Å². The molecule has 0 aliphatic heterocycles. The molecule has 0 aromatic heterocycles. The number of halogens is 1. The van der Waals surface area contributed by atoms with Crippen LogP contribution >= 0.6 is 0 Å². The summed E-state index contributed by atoms with van der Waals surface area (Å²) in [6, 6.07) is 15.1. The van der Waals surface area contributed by atoms with Crippen molar-refractivity contribution >= 4 is 11.4 Å². The van der Waals surface area contributed by atoms with Gasteiger partial charge in [0.1, 0.15) is 5.82 Å². The molecule has 0 aliphatic rings. The molecule has 0 fully saturated rings. The fourth-order valence-electron chi connectivity index (χ4n) is 2.00. The summed E-state index contributed by atoms with van der Waals surface area (Å²) in [5.74, 6) is -0.176. The van der Waals surface area contributed by atoms with Crippen molar-refractivity contribution in [1.29, 1.82) is 0 Å². The highest BCUT2D eigenvalue weighted by Gasteiger charge is 2.12. The lowest BCUT2D eigenvalue weighted by Gasteiger charge is -2.23. The number of rotatable bonds is 4. The van der Waals surface area contributed by atoms with Crippen LogP contribution in [0.3, 0.4) is 0 Å². The monoisotopic (exact) mass is 244 g/mol. The zero-order valence-corrected chi connectivity index (χ0v) is 10.7. The van der Waals surface area contributed by atoms with E-state index in [4.69, 9.17) is 0 Å². The second-order valence-corrected chi connectivity index (χ2v) is 4.16. The predicted molar refractivity (Wildman–Crippen MR) is 73.7 cm³/mol. The fourth-order valence-corrected chi connectivity index (χ4v) is 2.00. The van der Waals surface area contributed by atoms with Crippen LogP contribution in [0.15, 0.2) is 48.5 Å². The number of hydrogen-bond donors (Lipinski definition) is 1. The summed E-state index contributed by atoms with van der Waals surface area (Å²) >= 11 is 0. The van der Waals surface area contributed by atoms with Gasteiger partial charge < -0.3 is 10.2 Å². The van der Waals surface area contributed by atoms with Crippen molar-refractivity contribution in [2.75, 3.05) is 19.0 Å². The van der Waals surface area contributed by atoms with Crippen LogP contribution in [0, 0.1) is 5.82 Å². The minimum Gasteiger partial charge on any atom is -0.344 e. The van der Waals surface area contributed by atoms with Crippen LogP contribution in [-0.2, 0) is 6.54 Å². The third-order valence-corrected chi connectivity index (χ3v) is 2.95. The van der Waals surface area contributed by atoms with Crippen molar-refractivity contribution < 1.29 is 4.39 Å². The van der Waals surface area contributed by atoms with Crippen molar-refractivity contribution in [1.82, 2.24) is 5.32 Å². The van der Waals surface area contributed by atoms with Gasteiger partial charge in [-0.05, 0) is 31.3 Å². The molecule has 0 radical (unpaired) electrons. The van der Waals surface area contributed by atoms with Gasteiger partial charge in [0.25, 0.3) is 0 Å². The first-order valence-electron chi connectivity index (χ1n) is 5.95. The first-order valence-corrected chi connectivity index (χ1v) is 5.95. The molecular weight excluding hydrogens is 227 g/mol. The molecule has 2 nitrogen and oxygen atoms in total. The molecule has 0 aliphatic carbocycles. The van der Waals surface area contributed by atoms with Gasteiger partial charge in [-0.2, -0.15) is 0 Å². The Kier molecular flexibility index (Phi) is 3.95. The van der Waals surface area contributed by atoms with Crippen molar-refractivity contribution in [3.05, 3.63) is 59.9 Å². The zero-order chi connectivity index (χ0) is 13.0. The molecule has 94 valence electrons. The molecule has 2 aromatic carbocycles. The van der Waals surface area contributed by atoms with E-state index in [2.05, 4.69) is 5.32 Å². The molecule has 0 unspecified atom stereocenters. The van der Waals surface area contributed by atoms with Gasteiger partial charge in [-0.25, -0.2) is 4.39 Å². The van der Waals surface area contributed by atoms with Gasteiger partial charge >= 0.3 is 0 Å². The van der Waals surface area contributed by atoms with Gasteiger partial charge in [-0.1, -0.05) is 24.3 Å². The van der Waals surface area contributed by atoms with E-state index in [-0.39, 0.29) is 5.82 Å². The summed E-state index contributed by atoms with van der Waals surface area (Å²) in [4.78, 5) is 2.00. The van der Waals surface area contributed by atoms with Gasteiger partial charge in [-0.3, -0.25) is 0 Å². The minimum absolute atomic E-state index is 0.176. The van der Waals surface area contributed by atoms with Crippen LogP contribution in [0.2, 0.25) is 0 Å². The predicted octanol–water partition coefficient (Wildman–Crippen LogP) is 3.31. The van der Waals surface area contributed by atoms with E-state index in [0.29, 0.717) is 12.1 Å². The summed E-state index contributed by atoms with van der Waals surface area (Å²) in [7, 11) is 3.77. The topological polar surface area (TPSA) is 15.3 Å². The van der Waals surface area contributed by atoms with Crippen LogP contribution < -0.4 is 10.2 Å². The van der Waals surface area contributed by atoms with E-state index in [1.165, 1.54) is 6.07 Å². The highest BCUT2D eigenvalue weighted by atomic mass is 19.1. The molecule has 18 heavy (non-hydrogen) atoms. The second-order valence-electron chi connectivity index (χ2n) is 4.16. The third-order valence-electron chi connectivity index (χ3n) is 2.95. The Labute approximate surface area is 107 Å². The molecule has 0 amide bonds. The SMILES string of the molecule is CNCc1c(F)cccc1N(C)c1ccccc1. The first-order chi connectivity index (χ1) is 8.74. The van der Waals surface area contributed by atoms with E-state index < -0.39 is 0 Å². The maximum atomic E-state index is 13.8. The van der Waals surface area contributed by atoms with Gasteiger partial charge in [0, 0.05) is 30.5 Å². The Bertz CT molecular complexity index is 511. The molecule has 0 heterocycles. The number of anilines is 2. The maximum absolute atomic E-state index is 13.8. The summed E-state index contributed by atoms with van der Waals surface area (Å²) in [6.45, 7) is 0.513. The Hall–Kier alpha value is -1.87. The molecule has 2 aromatic rings. The fraction of sp³-hybridized carbons (Fsp3) is 0.200. The van der Waals surface area contributed by atoms with E-state index in [9.17, 15) is 4.39 Å². The normalized spacial score (nSPS) is 10.4. The Balaban J connectivity index is 2.41. The standard InChI is InChI=1S/C15H17FN2/c1-17-11-13-14(16)9-6-10-15(13)18(2)12-7-4-3-5-8-12/h3-10,17H,11H2,1-2H3. The number of nitrogens with zero attached hydrogens (tertiary/aromatic N) is 1. The number of hydrogen-bond acceptors (Lipinski definition) is 2. The van der Waals surface area contributed by atoms with Crippen LogP contribution in [0.5, 0.6) is 0 Å². The Morgan fingerprint density at radius 3 is 2.44 bits per heavy atom. The highest BCUT2D eigenvalue weighted by molar-refractivity contribution is 5.65. The molecule has 0 atom stereocenters. The van der Waals surface area contributed by atoms with Gasteiger partial charge in [0.15, 0.2) is 0 Å². The van der Waals surface area contributed by atoms with Gasteiger partial charge in [0.05, 0.1) is 0 Å². The molecule has 3 heteroatoms. The Morgan fingerprint density at radius 1 is 1.06 bits per heavy atom. The molecule has 0 bridgehead atoms. The van der Waals surface area contributed by atoms with E-state index in [0.717, 1.165) is 11.4 Å². The summed E-state index contributed by atoms with van der Waals surface area (Å²) in [5.41, 5.74) is 2.61. The van der Waals surface area contributed by atoms with E-state index in [1.807, 2.05) is 55.4 Å². The number of para-hydroxylation sites is 1. The van der Waals surface area contributed by atoms with Crippen LogP contribution in [0.4, 0.5) is 15.8 Å². The maximum Gasteiger partial charge on any atom is 0.129 e.